The summed E-state index contributed by atoms with van der Waals surface area (Å²) in [5, 5.41) is 10.8. The zero-order valence-corrected chi connectivity index (χ0v) is 14.0. The van der Waals surface area contributed by atoms with Crippen molar-refractivity contribution in [1.82, 2.24) is 30.3 Å². The number of rotatable bonds is 7. The van der Waals surface area contributed by atoms with E-state index in [1.165, 1.54) is 32.5 Å². The molecule has 1 aliphatic heterocycles. The van der Waals surface area contributed by atoms with Crippen molar-refractivity contribution < 1.29 is 0 Å². The second-order valence-corrected chi connectivity index (χ2v) is 5.83. The van der Waals surface area contributed by atoms with Gasteiger partial charge in [-0.2, -0.15) is 5.10 Å². The first-order valence-electron chi connectivity index (χ1n) is 8.30. The fourth-order valence-electron chi connectivity index (χ4n) is 2.79. The topological polar surface area (TPSA) is 70.4 Å². The first-order chi connectivity index (χ1) is 10.7. The van der Waals surface area contributed by atoms with Crippen LogP contribution >= 0.6 is 0 Å². The Morgan fingerprint density at radius 3 is 2.95 bits per heavy atom. The van der Waals surface area contributed by atoms with E-state index in [-0.39, 0.29) is 0 Å². The Morgan fingerprint density at radius 2 is 2.27 bits per heavy atom. The van der Waals surface area contributed by atoms with Crippen molar-refractivity contribution in [2.45, 2.75) is 33.2 Å². The minimum absolute atomic E-state index is 0.540. The fourth-order valence-corrected chi connectivity index (χ4v) is 2.79. The quantitative estimate of drug-likeness (QED) is 0.570. The first kappa shape index (κ1) is 16.7. The van der Waals surface area contributed by atoms with Gasteiger partial charge < -0.3 is 15.5 Å². The monoisotopic (exact) mass is 307 g/mol. The van der Waals surface area contributed by atoms with Crippen LogP contribution < -0.4 is 10.6 Å². The molecule has 1 fully saturated rings. The lowest BCUT2D eigenvalue weighted by Crippen LogP contribution is -2.40. The summed E-state index contributed by atoms with van der Waals surface area (Å²) >= 11 is 0. The van der Waals surface area contributed by atoms with Crippen LogP contribution in [0.2, 0.25) is 0 Å². The van der Waals surface area contributed by atoms with E-state index >= 15 is 0 Å². The predicted molar refractivity (Wildman–Crippen MR) is 88.7 cm³/mol. The van der Waals surface area contributed by atoms with Gasteiger partial charge >= 0.3 is 0 Å². The normalized spacial score (nSPS) is 19.6. The van der Waals surface area contributed by atoms with Gasteiger partial charge in [0.2, 0.25) is 0 Å². The molecule has 1 aliphatic rings. The smallest absolute Gasteiger partial charge is 0.191 e. The van der Waals surface area contributed by atoms with Crippen molar-refractivity contribution in [3.8, 4) is 0 Å². The molecule has 0 aromatic carbocycles. The second kappa shape index (κ2) is 8.73. The zero-order chi connectivity index (χ0) is 15.8. The Kier molecular flexibility index (Phi) is 6.64. The Bertz CT molecular complexity index is 468. The Hall–Kier alpha value is -1.63. The molecule has 0 aliphatic carbocycles. The number of hydrogen-bond acceptors (Lipinski definition) is 4. The van der Waals surface area contributed by atoms with Crippen molar-refractivity contribution in [2.75, 3.05) is 32.7 Å². The lowest BCUT2D eigenvalue weighted by Gasteiger charge is -2.16. The summed E-state index contributed by atoms with van der Waals surface area (Å²) < 4.78 is 1.76. The van der Waals surface area contributed by atoms with Crippen molar-refractivity contribution in [3.05, 3.63) is 12.2 Å². The van der Waals surface area contributed by atoms with Gasteiger partial charge in [0.1, 0.15) is 18.7 Å². The van der Waals surface area contributed by atoms with Crippen LogP contribution in [0.25, 0.3) is 0 Å². The van der Waals surface area contributed by atoms with E-state index in [4.69, 9.17) is 0 Å². The van der Waals surface area contributed by atoms with Crippen LogP contribution in [0.1, 0.15) is 32.5 Å². The third-order valence-corrected chi connectivity index (χ3v) is 4.00. The summed E-state index contributed by atoms with van der Waals surface area (Å²) in [6, 6.07) is 0. The van der Waals surface area contributed by atoms with Gasteiger partial charge in [0.05, 0.1) is 0 Å². The molecule has 1 aromatic heterocycles. The highest BCUT2D eigenvalue weighted by atomic mass is 15.3. The summed E-state index contributed by atoms with van der Waals surface area (Å²) in [5.74, 6) is 2.44. The van der Waals surface area contributed by atoms with Gasteiger partial charge in [0.25, 0.3) is 0 Å². The van der Waals surface area contributed by atoms with Gasteiger partial charge in [-0.25, -0.2) is 9.98 Å². The number of aliphatic imine (C=N–C) groups is 1. The van der Waals surface area contributed by atoms with E-state index in [2.05, 4.69) is 44.5 Å². The number of hydrogen-bond donors (Lipinski definition) is 2. The summed E-state index contributed by atoms with van der Waals surface area (Å²) in [4.78, 5) is 11.3. The van der Waals surface area contributed by atoms with E-state index < -0.39 is 0 Å². The maximum Gasteiger partial charge on any atom is 0.191 e. The molecule has 2 rings (SSSR count). The molecule has 7 nitrogen and oxygen atoms in total. The van der Waals surface area contributed by atoms with Crippen molar-refractivity contribution in [3.63, 3.8) is 0 Å². The summed E-state index contributed by atoms with van der Waals surface area (Å²) in [7, 11) is 1.89. The maximum absolute atomic E-state index is 4.59. The van der Waals surface area contributed by atoms with Crippen molar-refractivity contribution in [1.29, 1.82) is 0 Å². The largest absolute Gasteiger partial charge is 0.357 e. The lowest BCUT2D eigenvalue weighted by atomic mass is 10.1. The van der Waals surface area contributed by atoms with Crippen LogP contribution in [0.15, 0.2) is 11.3 Å². The van der Waals surface area contributed by atoms with Crippen LogP contribution in [-0.2, 0) is 13.6 Å². The predicted octanol–water partition coefficient (Wildman–Crippen LogP) is 0.602. The molecule has 1 saturated heterocycles. The molecule has 124 valence electrons. The van der Waals surface area contributed by atoms with Crippen LogP contribution in [0.3, 0.4) is 0 Å². The van der Waals surface area contributed by atoms with Crippen molar-refractivity contribution >= 4 is 5.96 Å². The van der Waals surface area contributed by atoms with Gasteiger partial charge in [-0.05, 0) is 38.8 Å². The molecule has 1 atom stereocenters. The number of aromatic nitrogens is 3. The molecular formula is C15H29N7. The zero-order valence-electron chi connectivity index (χ0n) is 14.0. The Morgan fingerprint density at radius 1 is 1.41 bits per heavy atom. The second-order valence-electron chi connectivity index (χ2n) is 5.83. The minimum atomic E-state index is 0.540. The highest BCUT2D eigenvalue weighted by Gasteiger charge is 2.21. The van der Waals surface area contributed by atoms with Crippen LogP contribution in [0, 0.1) is 5.92 Å². The van der Waals surface area contributed by atoms with Crippen molar-refractivity contribution in [2.24, 2.45) is 18.0 Å². The van der Waals surface area contributed by atoms with Crippen LogP contribution in [0.4, 0.5) is 0 Å². The average molecular weight is 307 g/mol. The standard InChI is InChI=1S/C15H29N7/c1-4-7-22-8-6-13(11-22)9-17-15(16-5-2)18-10-14-19-12-20-21(14)3/h12-13H,4-11H2,1-3H3,(H2,16,17,18). The molecule has 0 bridgehead atoms. The molecule has 0 saturated carbocycles. The Labute approximate surface area is 133 Å². The van der Waals surface area contributed by atoms with Crippen LogP contribution in [0.5, 0.6) is 0 Å². The van der Waals surface area contributed by atoms with E-state index in [9.17, 15) is 0 Å². The highest BCUT2D eigenvalue weighted by Crippen LogP contribution is 2.15. The summed E-state index contributed by atoms with van der Waals surface area (Å²) in [6.45, 7) is 10.3. The van der Waals surface area contributed by atoms with Crippen LogP contribution in [-0.4, -0.2) is 58.3 Å². The highest BCUT2D eigenvalue weighted by molar-refractivity contribution is 5.79. The molecule has 2 N–H and O–H groups in total. The molecule has 22 heavy (non-hydrogen) atoms. The number of aryl methyl sites for hydroxylation is 1. The molecular weight excluding hydrogens is 278 g/mol. The van der Waals surface area contributed by atoms with Gasteiger partial charge in [0.15, 0.2) is 5.96 Å². The number of nitrogens with one attached hydrogen (secondary N) is 2. The third-order valence-electron chi connectivity index (χ3n) is 4.00. The number of guanidine groups is 1. The molecule has 7 heteroatoms. The molecule has 0 radical (unpaired) electrons. The maximum atomic E-state index is 4.59. The average Bonchev–Trinajstić information content (AvgIpc) is 3.12. The lowest BCUT2D eigenvalue weighted by molar-refractivity contribution is 0.324. The molecule has 1 aromatic rings. The molecule has 1 unspecified atom stereocenters. The summed E-state index contributed by atoms with van der Waals surface area (Å²) in [6.07, 6.45) is 4.07. The molecule has 0 amide bonds. The molecule has 0 spiro atoms. The van der Waals surface area contributed by atoms with Gasteiger partial charge in [-0.15, -0.1) is 0 Å². The van der Waals surface area contributed by atoms with E-state index in [0.717, 1.165) is 24.9 Å². The van der Waals surface area contributed by atoms with E-state index in [1.54, 1.807) is 11.0 Å². The minimum Gasteiger partial charge on any atom is -0.357 e. The fraction of sp³-hybridized carbons (Fsp3) is 0.800. The first-order valence-corrected chi connectivity index (χ1v) is 8.30. The number of nitrogens with zero attached hydrogens (tertiary/aromatic N) is 5. The van der Waals surface area contributed by atoms with Gasteiger partial charge in [-0.3, -0.25) is 4.68 Å². The SMILES string of the molecule is CCCN1CCC(CNC(=NCc2ncnn2C)NCC)C1. The summed E-state index contributed by atoms with van der Waals surface area (Å²) in [5.41, 5.74) is 0. The van der Waals surface area contributed by atoms with Gasteiger partial charge in [0, 0.05) is 26.7 Å². The Balaban J connectivity index is 1.80. The number of likely N-dealkylation sites (tertiary alicyclic amines) is 1. The van der Waals surface area contributed by atoms with E-state index in [0.29, 0.717) is 12.5 Å². The third kappa shape index (κ3) is 4.98. The van der Waals surface area contributed by atoms with Gasteiger partial charge in [-0.1, -0.05) is 6.92 Å². The molecule has 2 heterocycles. The van der Waals surface area contributed by atoms with E-state index in [1.807, 2.05) is 7.05 Å².